The number of amides is 2. The van der Waals surface area contributed by atoms with Crippen LogP contribution in [0.2, 0.25) is 0 Å². The first-order chi connectivity index (χ1) is 12.0. The van der Waals surface area contributed by atoms with Crippen LogP contribution in [0.1, 0.15) is 56.7 Å². The number of likely N-dealkylation sites (tertiary alicyclic amines) is 1. The van der Waals surface area contributed by atoms with Crippen molar-refractivity contribution >= 4 is 24.2 Å². The summed E-state index contributed by atoms with van der Waals surface area (Å²) in [5.74, 6) is 0.237. The molecule has 1 atom stereocenters. The van der Waals surface area contributed by atoms with Gasteiger partial charge in [-0.25, -0.2) is 0 Å². The maximum Gasteiger partial charge on any atom is 0.241 e. The molecule has 0 spiro atoms. The summed E-state index contributed by atoms with van der Waals surface area (Å²) in [4.78, 5) is 26.8. The van der Waals surface area contributed by atoms with Crippen LogP contribution in [-0.2, 0) is 9.59 Å². The molecule has 1 fully saturated rings. The average Bonchev–Trinajstić information content (AvgIpc) is 2.63. The van der Waals surface area contributed by atoms with E-state index in [2.05, 4.69) is 19.2 Å². The van der Waals surface area contributed by atoms with Crippen molar-refractivity contribution in [3.8, 4) is 0 Å². The van der Waals surface area contributed by atoms with Crippen molar-refractivity contribution in [3.63, 3.8) is 0 Å². The zero-order valence-electron chi connectivity index (χ0n) is 16.0. The number of carbonyl (C=O) groups is 2. The third-order valence-electron chi connectivity index (χ3n) is 5.21. The van der Waals surface area contributed by atoms with E-state index >= 15 is 0 Å². The number of nitrogens with zero attached hydrogens (tertiary/aromatic N) is 1. The molecule has 5 nitrogen and oxygen atoms in total. The number of hydrogen-bond donors (Lipinski definition) is 2. The van der Waals surface area contributed by atoms with Gasteiger partial charge in [-0.2, -0.15) is 0 Å². The van der Waals surface area contributed by atoms with Gasteiger partial charge in [0.05, 0.1) is 0 Å². The zero-order valence-corrected chi connectivity index (χ0v) is 16.8. The molecule has 3 N–H and O–H groups in total. The highest BCUT2D eigenvalue weighted by Crippen LogP contribution is 2.18. The molecule has 0 bridgehead atoms. The van der Waals surface area contributed by atoms with Crippen LogP contribution in [0.4, 0.5) is 0 Å². The quantitative estimate of drug-likeness (QED) is 0.795. The molecule has 0 saturated carbocycles. The molecule has 1 aliphatic rings. The maximum atomic E-state index is 12.4. The van der Waals surface area contributed by atoms with Gasteiger partial charge in [-0.3, -0.25) is 9.59 Å². The van der Waals surface area contributed by atoms with E-state index in [4.69, 9.17) is 5.73 Å². The number of nitrogens with one attached hydrogen (secondary N) is 1. The van der Waals surface area contributed by atoms with Gasteiger partial charge in [-0.15, -0.1) is 12.4 Å². The van der Waals surface area contributed by atoms with E-state index in [1.807, 2.05) is 36.1 Å². The van der Waals surface area contributed by atoms with E-state index in [0.29, 0.717) is 13.1 Å². The molecular weight excluding hydrogens is 350 g/mol. The third-order valence-corrected chi connectivity index (χ3v) is 5.21. The molecule has 1 aliphatic heterocycles. The lowest BCUT2D eigenvalue weighted by Crippen LogP contribution is -2.49. The number of carbonyl (C=O) groups excluding carboxylic acids is 2. The van der Waals surface area contributed by atoms with Crippen molar-refractivity contribution in [1.29, 1.82) is 0 Å². The fourth-order valence-electron chi connectivity index (χ4n) is 3.36. The lowest BCUT2D eigenvalue weighted by Gasteiger charge is -2.34. The summed E-state index contributed by atoms with van der Waals surface area (Å²) >= 11 is 0. The van der Waals surface area contributed by atoms with Crippen molar-refractivity contribution in [2.45, 2.75) is 58.5 Å². The van der Waals surface area contributed by atoms with E-state index in [9.17, 15) is 9.59 Å². The molecule has 1 aromatic carbocycles. The van der Waals surface area contributed by atoms with Crippen molar-refractivity contribution in [3.05, 3.63) is 35.4 Å². The first kappa shape index (κ1) is 22.5. The van der Waals surface area contributed by atoms with Crippen molar-refractivity contribution in [1.82, 2.24) is 10.2 Å². The van der Waals surface area contributed by atoms with Crippen molar-refractivity contribution in [2.24, 2.45) is 11.7 Å². The van der Waals surface area contributed by atoms with E-state index in [1.165, 1.54) is 0 Å². The summed E-state index contributed by atoms with van der Waals surface area (Å²) in [5, 5.41) is 3.05. The van der Waals surface area contributed by atoms with Crippen LogP contribution in [-0.4, -0.2) is 35.8 Å². The minimum Gasteiger partial charge on any atom is -0.352 e. The average molecular weight is 382 g/mol. The van der Waals surface area contributed by atoms with Gasteiger partial charge in [-0.1, -0.05) is 43.7 Å². The predicted molar refractivity (Wildman–Crippen MR) is 107 cm³/mol. The summed E-state index contributed by atoms with van der Waals surface area (Å²) in [6.07, 6.45) is 3.35. The highest BCUT2D eigenvalue weighted by molar-refractivity contribution is 5.85. The fraction of sp³-hybridized carbons (Fsp3) is 0.600. The Bertz CT molecular complexity index is 579. The van der Waals surface area contributed by atoms with E-state index in [0.717, 1.165) is 36.8 Å². The second-order valence-electron chi connectivity index (χ2n) is 7.01. The summed E-state index contributed by atoms with van der Waals surface area (Å²) < 4.78 is 0. The van der Waals surface area contributed by atoms with Crippen LogP contribution < -0.4 is 11.1 Å². The number of benzene rings is 1. The second-order valence-corrected chi connectivity index (χ2v) is 7.01. The second kappa shape index (κ2) is 10.5. The largest absolute Gasteiger partial charge is 0.352 e. The van der Waals surface area contributed by atoms with Crippen LogP contribution in [0.15, 0.2) is 24.3 Å². The van der Waals surface area contributed by atoms with Gasteiger partial charge in [0.1, 0.15) is 6.04 Å². The van der Waals surface area contributed by atoms with Gasteiger partial charge < -0.3 is 16.0 Å². The molecule has 146 valence electrons. The summed E-state index contributed by atoms with van der Waals surface area (Å²) in [6, 6.07) is 7.17. The summed E-state index contributed by atoms with van der Waals surface area (Å²) in [7, 11) is 0. The standard InChI is InChI=1S/C20H31N3O2.ClH/c1-4-15(5-2)20(25)23-12-10-17(11-13-23)22-19(24)18(21)16-8-6-14(3)7-9-16;/h6-9,15,17-18H,4-5,10-13,21H2,1-3H3,(H,22,24);1H. The first-order valence-corrected chi connectivity index (χ1v) is 9.37. The van der Waals surface area contributed by atoms with Crippen LogP contribution in [0.25, 0.3) is 0 Å². The number of rotatable bonds is 6. The third kappa shape index (κ3) is 5.71. The molecule has 1 unspecified atom stereocenters. The SMILES string of the molecule is CCC(CC)C(=O)N1CCC(NC(=O)C(N)c2ccc(C)cc2)CC1.Cl. The number of halogens is 1. The summed E-state index contributed by atoms with van der Waals surface area (Å²) in [5.41, 5.74) is 8.05. The number of piperidine rings is 1. The highest BCUT2D eigenvalue weighted by Gasteiger charge is 2.28. The molecule has 0 aliphatic carbocycles. The molecule has 1 aromatic rings. The minimum absolute atomic E-state index is 0. The van der Waals surface area contributed by atoms with Gasteiger partial charge >= 0.3 is 0 Å². The van der Waals surface area contributed by atoms with E-state index < -0.39 is 6.04 Å². The molecule has 1 saturated heterocycles. The topological polar surface area (TPSA) is 75.4 Å². The molecular formula is C20H32ClN3O2. The van der Waals surface area contributed by atoms with Gasteiger partial charge in [0.2, 0.25) is 11.8 Å². The summed E-state index contributed by atoms with van der Waals surface area (Å²) in [6.45, 7) is 7.54. The van der Waals surface area contributed by atoms with E-state index in [-0.39, 0.29) is 36.2 Å². The first-order valence-electron chi connectivity index (χ1n) is 9.37. The van der Waals surface area contributed by atoms with Gasteiger partial charge in [0, 0.05) is 25.0 Å². The fourth-order valence-corrected chi connectivity index (χ4v) is 3.36. The Morgan fingerprint density at radius 2 is 1.69 bits per heavy atom. The molecule has 2 amide bonds. The lowest BCUT2D eigenvalue weighted by atomic mass is 9.98. The highest BCUT2D eigenvalue weighted by atomic mass is 35.5. The van der Waals surface area contributed by atoms with Crippen LogP contribution in [0, 0.1) is 12.8 Å². The van der Waals surface area contributed by atoms with Gasteiger partial charge in [-0.05, 0) is 38.2 Å². The van der Waals surface area contributed by atoms with Crippen LogP contribution in [0.3, 0.4) is 0 Å². The lowest BCUT2D eigenvalue weighted by molar-refractivity contribution is -0.137. The molecule has 2 rings (SSSR count). The van der Waals surface area contributed by atoms with Crippen LogP contribution in [0.5, 0.6) is 0 Å². The van der Waals surface area contributed by atoms with Crippen molar-refractivity contribution in [2.75, 3.05) is 13.1 Å². The van der Waals surface area contributed by atoms with Crippen LogP contribution >= 0.6 is 12.4 Å². The Hall–Kier alpha value is -1.59. The Morgan fingerprint density at radius 3 is 2.19 bits per heavy atom. The Balaban J connectivity index is 0.00000338. The normalized spacial score (nSPS) is 16.1. The van der Waals surface area contributed by atoms with Gasteiger partial charge in [0.15, 0.2) is 0 Å². The number of nitrogens with two attached hydrogens (primary N) is 1. The minimum atomic E-state index is -0.648. The monoisotopic (exact) mass is 381 g/mol. The maximum absolute atomic E-state index is 12.4. The smallest absolute Gasteiger partial charge is 0.241 e. The Morgan fingerprint density at radius 1 is 1.15 bits per heavy atom. The van der Waals surface area contributed by atoms with Gasteiger partial charge in [0.25, 0.3) is 0 Å². The number of hydrogen-bond acceptors (Lipinski definition) is 3. The van der Waals surface area contributed by atoms with Crippen molar-refractivity contribution < 1.29 is 9.59 Å². The number of aryl methyl sites for hydroxylation is 1. The Kier molecular flexibility index (Phi) is 9.09. The predicted octanol–water partition coefficient (Wildman–Crippen LogP) is 2.96. The molecule has 0 radical (unpaired) electrons. The molecule has 6 heteroatoms. The molecule has 0 aromatic heterocycles. The van der Waals surface area contributed by atoms with E-state index in [1.54, 1.807) is 0 Å². The Labute approximate surface area is 163 Å². The molecule has 26 heavy (non-hydrogen) atoms. The molecule has 1 heterocycles. The zero-order chi connectivity index (χ0) is 18.4.